The van der Waals surface area contributed by atoms with Crippen LogP contribution in [0.4, 0.5) is 19.3 Å². The maximum atomic E-state index is 14.2. The molecule has 1 fully saturated rings. The van der Waals surface area contributed by atoms with Gasteiger partial charge < -0.3 is 19.7 Å². The summed E-state index contributed by atoms with van der Waals surface area (Å²) < 4.78 is 39.3. The standard InChI is InChI=1S/C29H30ClF2N3O4/c1-2-38-28(36)21-8-12-23(13-9-21)33-29(37)35-16-14-34(15-17-35)18-27(20-6-10-22(30)11-7-20)39-19-24-25(31)4-3-5-26(24)32/h3-13,27H,2,14-19H2,1H3,(H,33,37)/t27-/m0/s1. The molecule has 7 nitrogen and oxygen atoms in total. The van der Waals surface area contributed by atoms with E-state index in [4.69, 9.17) is 21.1 Å². The van der Waals surface area contributed by atoms with Gasteiger partial charge in [0.2, 0.25) is 0 Å². The minimum atomic E-state index is -0.653. The third kappa shape index (κ3) is 7.75. The van der Waals surface area contributed by atoms with Crippen molar-refractivity contribution in [1.82, 2.24) is 9.80 Å². The zero-order valence-corrected chi connectivity index (χ0v) is 22.3. The van der Waals surface area contributed by atoms with E-state index < -0.39 is 23.7 Å². The predicted molar refractivity (Wildman–Crippen MR) is 145 cm³/mol. The Hall–Kier alpha value is -3.53. The summed E-state index contributed by atoms with van der Waals surface area (Å²) in [6.45, 7) is 4.45. The number of carbonyl (C=O) groups is 2. The highest BCUT2D eigenvalue weighted by Crippen LogP contribution is 2.25. The van der Waals surface area contributed by atoms with E-state index in [-0.39, 0.29) is 18.2 Å². The summed E-state index contributed by atoms with van der Waals surface area (Å²) in [5.74, 6) is -1.72. The molecule has 1 aliphatic heterocycles. The highest BCUT2D eigenvalue weighted by molar-refractivity contribution is 6.30. The van der Waals surface area contributed by atoms with Crippen LogP contribution in [0, 0.1) is 11.6 Å². The number of rotatable bonds is 9. The number of hydrogen-bond acceptors (Lipinski definition) is 5. The molecule has 3 aromatic carbocycles. The Morgan fingerprint density at radius 1 is 0.949 bits per heavy atom. The first-order valence-electron chi connectivity index (χ1n) is 12.7. The van der Waals surface area contributed by atoms with Gasteiger partial charge in [0.1, 0.15) is 11.6 Å². The number of benzene rings is 3. The molecule has 10 heteroatoms. The van der Waals surface area contributed by atoms with Crippen molar-refractivity contribution in [3.8, 4) is 0 Å². The van der Waals surface area contributed by atoms with Crippen LogP contribution in [0.25, 0.3) is 0 Å². The van der Waals surface area contributed by atoms with E-state index in [1.54, 1.807) is 48.2 Å². The summed E-state index contributed by atoms with van der Waals surface area (Å²) in [6, 6.07) is 17.2. The Labute approximate surface area is 231 Å². The zero-order chi connectivity index (χ0) is 27.8. The van der Waals surface area contributed by atoms with Crippen LogP contribution < -0.4 is 5.32 Å². The Kier molecular flexibility index (Phi) is 9.86. The SMILES string of the molecule is CCOC(=O)c1ccc(NC(=O)N2CCN(C[C@H](OCc3c(F)cccc3F)c3ccc(Cl)cc3)CC2)cc1. The van der Waals surface area contributed by atoms with Gasteiger partial charge in [-0.15, -0.1) is 0 Å². The summed E-state index contributed by atoms with van der Waals surface area (Å²) >= 11 is 6.05. The molecule has 1 N–H and O–H groups in total. The first-order valence-corrected chi connectivity index (χ1v) is 13.1. The number of urea groups is 1. The van der Waals surface area contributed by atoms with Crippen LogP contribution in [0.1, 0.15) is 34.5 Å². The van der Waals surface area contributed by atoms with Gasteiger partial charge in [0.25, 0.3) is 0 Å². The molecule has 0 saturated carbocycles. The van der Waals surface area contributed by atoms with Crippen LogP contribution in [-0.4, -0.2) is 61.1 Å². The van der Waals surface area contributed by atoms with Gasteiger partial charge in [-0.25, -0.2) is 18.4 Å². The summed E-state index contributed by atoms with van der Waals surface area (Å²) in [5.41, 5.74) is 1.71. The number of nitrogens with one attached hydrogen (secondary N) is 1. The fourth-order valence-corrected chi connectivity index (χ4v) is 4.39. The average molecular weight is 558 g/mol. The van der Waals surface area contributed by atoms with Gasteiger partial charge >= 0.3 is 12.0 Å². The van der Waals surface area contributed by atoms with Gasteiger partial charge in [-0.3, -0.25) is 4.90 Å². The Balaban J connectivity index is 1.33. The van der Waals surface area contributed by atoms with Crippen LogP contribution in [0.2, 0.25) is 5.02 Å². The lowest BCUT2D eigenvalue weighted by Crippen LogP contribution is -2.50. The third-order valence-corrected chi connectivity index (χ3v) is 6.72. The highest BCUT2D eigenvalue weighted by atomic mass is 35.5. The fourth-order valence-electron chi connectivity index (χ4n) is 4.26. The van der Waals surface area contributed by atoms with Gasteiger partial charge in [0.15, 0.2) is 0 Å². The molecule has 0 bridgehead atoms. The number of nitrogens with zero attached hydrogens (tertiary/aromatic N) is 2. The van der Waals surface area contributed by atoms with Crippen LogP contribution in [0.3, 0.4) is 0 Å². The van der Waals surface area contributed by atoms with Crippen LogP contribution in [0.15, 0.2) is 66.7 Å². The van der Waals surface area contributed by atoms with Gasteiger partial charge in [-0.2, -0.15) is 0 Å². The lowest BCUT2D eigenvalue weighted by atomic mass is 10.1. The second-order valence-electron chi connectivity index (χ2n) is 9.07. The number of piperazine rings is 1. The molecule has 206 valence electrons. The maximum absolute atomic E-state index is 14.2. The van der Waals surface area contributed by atoms with Crippen molar-refractivity contribution in [2.75, 3.05) is 44.6 Å². The molecule has 39 heavy (non-hydrogen) atoms. The van der Waals surface area contributed by atoms with E-state index in [0.29, 0.717) is 55.6 Å². The molecule has 4 rings (SSSR count). The second kappa shape index (κ2) is 13.5. The molecule has 1 heterocycles. The number of anilines is 1. The molecule has 1 aliphatic rings. The molecule has 0 aromatic heterocycles. The van der Waals surface area contributed by atoms with Gasteiger partial charge in [0, 0.05) is 49.0 Å². The Bertz CT molecular complexity index is 1250. The number of halogens is 3. The lowest BCUT2D eigenvalue weighted by molar-refractivity contribution is 0.00376. The Morgan fingerprint density at radius 3 is 2.21 bits per heavy atom. The van der Waals surface area contributed by atoms with Gasteiger partial charge in [-0.05, 0) is 61.0 Å². The molecular formula is C29H30ClF2N3O4. The second-order valence-corrected chi connectivity index (χ2v) is 9.50. The first-order chi connectivity index (χ1) is 18.8. The van der Waals surface area contributed by atoms with Crippen molar-refractivity contribution in [3.63, 3.8) is 0 Å². The molecule has 2 amide bonds. The molecule has 0 aliphatic carbocycles. The van der Waals surface area contributed by atoms with Crippen LogP contribution >= 0.6 is 11.6 Å². The van der Waals surface area contributed by atoms with Crippen LogP contribution in [-0.2, 0) is 16.1 Å². The van der Waals surface area contributed by atoms with Crippen molar-refractivity contribution >= 4 is 29.3 Å². The van der Waals surface area contributed by atoms with E-state index in [0.717, 1.165) is 5.56 Å². The molecule has 0 spiro atoms. The number of esters is 1. The monoisotopic (exact) mass is 557 g/mol. The van der Waals surface area contributed by atoms with E-state index in [9.17, 15) is 18.4 Å². The topological polar surface area (TPSA) is 71.1 Å². The summed E-state index contributed by atoms with van der Waals surface area (Å²) in [5, 5.41) is 3.43. The Morgan fingerprint density at radius 2 is 1.59 bits per heavy atom. The third-order valence-electron chi connectivity index (χ3n) is 6.46. The van der Waals surface area contributed by atoms with E-state index in [2.05, 4.69) is 10.2 Å². The van der Waals surface area contributed by atoms with E-state index in [1.165, 1.54) is 18.2 Å². The first kappa shape index (κ1) is 28.5. The number of ether oxygens (including phenoxy) is 2. The quantitative estimate of drug-likeness (QED) is 0.332. The minimum absolute atomic E-state index is 0.117. The van der Waals surface area contributed by atoms with Gasteiger partial charge in [-0.1, -0.05) is 29.8 Å². The summed E-state index contributed by atoms with van der Waals surface area (Å²) in [4.78, 5) is 28.5. The van der Waals surface area contributed by atoms with Crippen LogP contribution in [0.5, 0.6) is 0 Å². The smallest absolute Gasteiger partial charge is 0.338 e. The van der Waals surface area contributed by atoms with Crippen molar-refractivity contribution in [3.05, 3.63) is 100 Å². The number of carbonyl (C=O) groups excluding carboxylic acids is 2. The summed E-state index contributed by atoms with van der Waals surface area (Å²) in [6.07, 6.45) is -0.459. The van der Waals surface area contributed by atoms with Crippen molar-refractivity contribution in [2.24, 2.45) is 0 Å². The van der Waals surface area contributed by atoms with E-state index in [1.807, 2.05) is 12.1 Å². The normalized spacial score (nSPS) is 14.6. The van der Waals surface area contributed by atoms with Crippen molar-refractivity contribution in [1.29, 1.82) is 0 Å². The number of amides is 2. The minimum Gasteiger partial charge on any atom is -0.462 e. The molecule has 3 aromatic rings. The number of hydrogen-bond donors (Lipinski definition) is 1. The van der Waals surface area contributed by atoms with Crippen molar-refractivity contribution < 1.29 is 27.8 Å². The average Bonchev–Trinajstić information content (AvgIpc) is 2.93. The maximum Gasteiger partial charge on any atom is 0.338 e. The van der Waals surface area contributed by atoms with Gasteiger partial charge in [0.05, 0.1) is 24.9 Å². The molecule has 1 saturated heterocycles. The molecule has 0 radical (unpaired) electrons. The summed E-state index contributed by atoms with van der Waals surface area (Å²) in [7, 11) is 0. The zero-order valence-electron chi connectivity index (χ0n) is 21.5. The molecular weight excluding hydrogens is 528 g/mol. The largest absolute Gasteiger partial charge is 0.462 e. The molecule has 1 atom stereocenters. The highest BCUT2D eigenvalue weighted by Gasteiger charge is 2.25. The predicted octanol–water partition coefficient (Wildman–Crippen LogP) is 5.90. The van der Waals surface area contributed by atoms with E-state index >= 15 is 0 Å². The molecule has 0 unspecified atom stereocenters. The lowest BCUT2D eigenvalue weighted by Gasteiger charge is -2.36. The van der Waals surface area contributed by atoms with Crippen molar-refractivity contribution in [2.45, 2.75) is 19.6 Å². The fraction of sp³-hybridized carbons (Fsp3) is 0.310.